The number of likely N-dealkylation sites (tertiary alicyclic amines) is 1. The molecule has 120 valence electrons. The topological polar surface area (TPSA) is 44.7 Å². The Morgan fingerprint density at radius 1 is 1.45 bits per heavy atom. The Balaban J connectivity index is 0.00000361. The van der Waals surface area contributed by atoms with Crippen LogP contribution in [0.2, 0.25) is 0 Å². The largest absolute Gasteiger partial charge is 0.355 e. The van der Waals surface area contributed by atoms with Crippen molar-refractivity contribution < 1.29 is 4.21 Å². The summed E-state index contributed by atoms with van der Waals surface area (Å²) < 4.78 is 11.8. The molecule has 1 rings (SSSR count). The van der Waals surface area contributed by atoms with E-state index in [9.17, 15) is 4.21 Å². The average Bonchev–Trinajstić information content (AvgIpc) is 2.33. The number of hydrogen-bond donors (Lipinski definition) is 1. The van der Waals surface area contributed by atoms with Crippen molar-refractivity contribution in [2.45, 2.75) is 45.3 Å². The second kappa shape index (κ2) is 9.23. The van der Waals surface area contributed by atoms with Crippen LogP contribution in [0.5, 0.6) is 0 Å². The predicted molar refractivity (Wildman–Crippen MR) is 99.5 cm³/mol. The molecule has 1 aliphatic heterocycles. The molecule has 2 unspecified atom stereocenters. The molecule has 2 atom stereocenters. The summed E-state index contributed by atoms with van der Waals surface area (Å²) in [6, 6.07) is 0. The van der Waals surface area contributed by atoms with Gasteiger partial charge < -0.3 is 10.2 Å². The molecule has 0 amide bonds. The molecule has 0 aromatic heterocycles. The Bertz CT molecular complexity index is 342. The standard InChI is InChI=1S/C14H29N3OS.HI/c1-12-7-6-9-17(11-12)13(15-5)16-8-10-19(18)14(2,3)4;/h12H,6-11H2,1-5H3,(H,15,16);1H. The van der Waals surface area contributed by atoms with Crippen molar-refractivity contribution in [2.24, 2.45) is 10.9 Å². The van der Waals surface area contributed by atoms with Gasteiger partial charge in [0, 0.05) is 48.0 Å². The van der Waals surface area contributed by atoms with Crippen LogP contribution in [-0.2, 0) is 10.8 Å². The maximum absolute atomic E-state index is 12.0. The molecule has 1 saturated heterocycles. The molecule has 6 heteroatoms. The molecule has 0 bridgehead atoms. The van der Waals surface area contributed by atoms with Gasteiger partial charge in [-0.2, -0.15) is 0 Å². The van der Waals surface area contributed by atoms with E-state index in [0.29, 0.717) is 5.75 Å². The van der Waals surface area contributed by atoms with E-state index in [4.69, 9.17) is 0 Å². The van der Waals surface area contributed by atoms with Crippen LogP contribution in [0.4, 0.5) is 0 Å². The second-order valence-electron chi connectivity index (χ2n) is 6.33. The molecule has 1 N–H and O–H groups in total. The molecule has 0 aromatic rings. The lowest BCUT2D eigenvalue weighted by Crippen LogP contribution is -2.47. The fourth-order valence-electron chi connectivity index (χ4n) is 2.28. The molecular weight excluding hydrogens is 385 g/mol. The van der Waals surface area contributed by atoms with E-state index in [-0.39, 0.29) is 28.7 Å². The van der Waals surface area contributed by atoms with Crippen molar-refractivity contribution in [3.63, 3.8) is 0 Å². The lowest BCUT2D eigenvalue weighted by molar-refractivity contribution is 0.266. The van der Waals surface area contributed by atoms with Crippen LogP contribution in [0.1, 0.15) is 40.5 Å². The maximum Gasteiger partial charge on any atom is 0.193 e. The van der Waals surface area contributed by atoms with Gasteiger partial charge in [0.2, 0.25) is 0 Å². The average molecular weight is 415 g/mol. The molecule has 1 heterocycles. The highest BCUT2D eigenvalue weighted by Crippen LogP contribution is 2.15. The van der Waals surface area contributed by atoms with Crippen LogP contribution in [0.25, 0.3) is 0 Å². The van der Waals surface area contributed by atoms with E-state index >= 15 is 0 Å². The first kappa shape index (κ1) is 20.1. The fourth-order valence-corrected chi connectivity index (χ4v) is 3.18. The first-order valence-electron chi connectivity index (χ1n) is 7.18. The third kappa shape index (κ3) is 6.74. The van der Waals surface area contributed by atoms with E-state index < -0.39 is 10.8 Å². The smallest absolute Gasteiger partial charge is 0.193 e. The number of halogens is 1. The zero-order chi connectivity index (χ0) is 14.5. The van der Waals surface area contributed by atoms with E-state index in [0.717, 1.165) is 31.5 Å². The van der Waals surface area contributed by atoms with Crippen molar-refractivity contribution in [2.75, 3.05) is 32.4 Å². The van der Waals surface area contributed by atoms with Crippen molar-refractivity contribution in [3.8, 4) is 0 Å². The summed E-state index contributed by atoms with van der Waals surface area (Å²) in [5, 5.41) is 3.35. The Kier molecular flexibility index (Phi) is 9.29. The van der Waals surface area contributed by atoms with Gasteiger partial charge in [-0.1, -0.05) is 6.92 Å². The Morgan fingerprint density at radius 3 is 2.60 bits per heavy atom. The number of nitrogens with zero attached hydrogens (tertiary/aromatic N) is 2. The summed E-state index contributed by atoms with van der Waals surface area (Å²) in [5.41, 5.74) is 0. The molecule has 0 spiro atoms. The first-order valence-corrected chi connectivity index (χ1v) is 8.50. The lowest BCUT2D eigenvalue weighted by atomic mass is 10.0. The van der Waals surface area contributed by atoms with Crippen molar-refractivity contribution >= 4 is 40.7 Å². The van der Waals surface area contributed by atoms with Crippen molar-refractivity contribution in [1.29, 1.82) is 0 Å². The lowest BCUT2D eigenvalue weighted by Gasteiger charge is -2.33. The van der Waals surface area contributed by atoms with Crippen LogP contribution < -0.4 is 5.32 Å². The summed E-state index contributed by atoms with van der Waals surface area (Å²) in [5.74, 6) is 2.36. The monoisotopic (exact) mass is 415 g/mol. The van der Waals surface area contributed by atoms with Crippen LogP contribution >= 0.6 is 24.0 Å². The number of piperidine rings is 1. The zero-order valence-electron chi connectivity index (χ0n) is 13.4. The molecule has 1 aliphatic rings. The van der Waals surface area contributed by atoms with E-state index in [1.54, 1.807) is 0 Å². The third-order valence-corrected chi connectivity index (χ3v) is 5.36. The molecular formula is C14H30IN3OS. The molecule has 1 fully saturated rings. The second-order valence-corrected chi connectivity index (χ2v) is 8.65. The molecule has 0 aliphatic carbocycles. The minimum atomic E-state index is -0.804. The molecule has 0 aromatic carbocycles. The Hall–Kier alpha value is 0.150. The summed E-state index contributed by atoms with van der Waals surface area (Å²) >= 11 is 0. The fraction of sp³-hybridized carbons (Fsp3) is 0.929. The highest BCUT2D eigenvalue weighted by Gasteiger charge is 2.21. The van der Waals surface area contributed by atoms with Crippen molar-refractivity contribution in [1.82, 2.24) is 10.2 Å². The molecule has 0 saturated carbocycles. The highest BCUT2D eigenvalue weighted by molar-refractivity contribution is 14.0. The number of rotatable bonds is 3. The number of guanidine groups is 1. The normalized spacial score (nSPS) is 22.1. The first-order chi connectivity index (χ1) is 8.84. The summed E-state index contributed by atoms with van der Waals surface area (Å²) in [7, 11) is 1.02. The van der Waals surface area contributed by atoms with Crippen LogP contribution in [0.3, 0.4) is 0 Å². The van der Waals surface area contributed by atoms with E-state index in [2.05, 4.69) is 22.1 Å². The third-order valence-electron chi connectivity index (χ3n) is 3.42. The quantitative estimate of drug-likeness (QED) is 0.438. The molecule has 20 heavy (non-hydrogen) atoms. The van der Waals surface area contributed by atoms with Gasteiger partial charge in [0.25, 0.3) is 0 Å². The summed E-state index contributed by atoms with van der Waals surface area (Å²) in [6.07, 6.45) is 2.54. The Labute approximate surface area is 143 Å². The van der Waals surface area contributed by atoms with E-state index in [1.807, 2.05) is 27.8 Å². The zero-order valence-corrected chi connectivity index (χ0v) is 16.6. The van der Waals surface area contributed by atoms with Gasteiger partial charge in [-0.25, -0.2) is 0 Å². The number of nitrogens with one attached hydrogen (secondary N) is 1. The number of aliphatic imine (C=N–C) groups is 1. The van der Waals surface area contributed by atoms with Gasteiger partial charge in [-0.05, 0) is 39.5 Å². The van der Waals surface area contributed by atoms with Gasteiger partial charge in [-0.3, -0.25) is 9.20 Å². The summed E-state index contributed by atoms with van der Waals surface area (Å²) in [6.45, 7) is 11.2. The van der Waals surface area contributed by atoms with Gasteiger partial charge >= 0.3 is 0 Å². The van der Waals surface area contributed by atoms with Crippen LogP contribution in [-0.4, -0.2) is 52.3 Å². The number of hydrogen-bond acceptors (Lipinski definition) is 2. The van der Waals surface area contributed by atoms with Crippen LogP contribution in [0.15, 0.2) is 4.99 Å². The minimum Gasteiger partial charge on any atom is -0.355 e. The van der Waals surface area contributed by atoms with Gasteiger partial charge in [0.1, 0.15) is 0 Å². The van der Waals surface area contributed by atoms with Crippen molar-refractivity contribution in [3.05, 3.63) is 0 Å². The highest BCUT2D eigenvalue weighted by atomic mass is 127. The SMILES string of the molecule is CN=C(NCCS(=O)C(C)(C)C)N1CCCC(C)C1.I. The van der Waals surface area contributed by atoms with Gasteiger partial charge in [-0.15, -0.1) is 24.0 Å². The molecule has 0 radical (unpaired) electrons. The van der Waals surface area contributed by atoms with E-state index in [1.165, 1.54) is 12.8 Å². The Morgan fingerprint density at radius 2 is 2.10 bits per heavy atom. The van der Waals surface area contributed by atoms with Gasteiger partial charge in [0.05, 0.1) is 0 Å². The molecule has 4 nitrogen and oxygen atoms in total. The predicted octanol–water partition coefficient (Wildman–Crippen LogP) is 2.46. The van der Waals surface area contributed by atoms with Gasteiger partial charge in [0.15, 0.2) is 5.96 Å². The van der Waals surface area contributed by atoms with Crippen LogP contribution in [0, 0.1) is 5.92 Å². The maximum atomic E-state index is 12.0. The minimum absolute atomic E-state index is 0. The summed E-state index contributed by atoms with van der Waals surface area (Å²) in [4.78, 5) is 6.65.